The van der Waals surface area contributed by atoms with Gasteiger partial charge >= 0.3 is 0 Å². The average molecular weight is 457 g/mol. The Labute approximate surface area is 187 Å². The van der Waals surface area contributed by atoms with Crippen LogP contribution in [-0.2, 0) is 14.8 Å². The Hall–Kier alpha value is -3.72. The van der Waals surface area contributed by atoms with Crippen molar-refractivity contribution < 1.29 is 27.4 Å². The second kappa shape index (κ2) is 10.1. The minimum absolute atomic E-state index is 0.0598. The van der Waals surface area contributed by atoms with E-state index >= 15 is 0 Å². The van der Waals surface area contributed by atoms with Crippen LogP contribution in [0.2, 0.25) is 0 Å². The maximum absolute atomic E-state index is 12.6. The van der Waals surface area contributed by atoms with Crippen molar-refractivity contribution in [3.05, 3.63) is 72.8 Å². The monoisotopic (exact) mass is 456 g/mol. The van der Waals surface area contributed by atoms with Gasteiger partial charge < -0.3 is 19.5 Å². The summed E-state index contributed by atoms with van der Waals surface area (Å²) in [5, 5.41) is 2.71. The predicted octanol–water partition coefficient (Wildman–Crippen LogP) is 3.91. The molecule has 0 aromatic heterocycles. The number of amides is 1. The molecule has 3 aromatic rings. The van der Waals surface area contributed by atoms with Crippen LogP contribution in [0.1, 0.15) is 6.92 Å². The summed E-state index contributed by atoms with van der Waals surface area (Å²) >= 11 is 0. The molecule has 1 amide bonds. The molecule has 0 fully saturated rings. The van der Waals surface area contributed by atoms with E-state index in [0.717, 1.165) is 0 Å². The van der Waals surface area contributed by atoms with Crippen LogP contribution in [0.25, 0.3) is 0 Å². The number of para-hydroxylation sites is 2. The van der Waals surface area contributed by atoms with Gasteiger partial charge in [-0.1, -0.05) is 12.1 Å². The van der Waals surface area contributed by atoms with Gasteiger partial charge in [0, 0.05) is 11.4 Å². The largest absolute Gasteiger partial charge is 0.497 e. The highest BCUT2D eigenvalue weighted by molar-refractivity contribution is 7.92. The Balaban J connectivity index is 1.63. The van der Waals surface area contributed by atoms with Crippen molar-refractivity contribution in [3.8, 4) is 17.2 Å². The van der Waals surface area contributed by atoms with Gasteiger partial charge in [0.15, 0.2) is 17.6 Å². The minimum atomic E-state index is -3.78. The number of sulfonamides is 1. The fraction of sp³-hybridized carbons (Fsp3) is 0.174. The van der Waals surface area contributed by atoms with Crippen LogP contribution in [0.3, 0.4) is 0 Å². The molecule has 32 heavy (non-hydrogen) atoms. The van der Waals surface area contributed by atoms with Gasteiger partial charge in [-0.05, 0) is 67.6 Å². The second-order valence-electron chi connectivity index (χ2n) is 6.76. The van der Waals surface area contributed by atoms with E-state index in [1.54, 1.807) is 55.5 Å². The molecule has 1 unspecified atom stereocenters. The summed E-state index contributed by atoms with van der Waals surface area (Å²) < 4.78 is 43.7. The quantitative estimate of drug-likeness (QED) is 0.506. The highest BCUT2D eigenvalue weighted by Crippen LogP contribution is 2.27. The first-order valence-electron chi connectivity index (χ1n) is 9.70. The molecule has 3 rings (SSSR count). The highest BCUT2D eigenvalue weighted by Gasteiger charge is 2.18. The maximum atomic E-state index is 12.6. The van der Waals surface area contributed by atoms with Crippen LogP contribution in [0, 0.1) is 0 Å². The number of ether oxygens (including phenoxy) is 3. The van der Waals surface area contributed by atoms with E-state index in [0.29, 0.717) is 28.6 Å². The number of nitrogens with one attached hydrogen (secondary N) is 2. The van der Waals surface area contributed by atoms with Crippen LogP contribution in [-0.4, -0.2) is 34.6 Å². The number of carbonyl (C=O) groups is 1. The van der Waals surface area contributed by atoms with Gasteiger partial charge in [-0.2, -0.15) is 0 Å². The Morgan fingerprint density at radius 2 is 1.41 bits per heavy atom. The van der Waals surface area contributed by atoms with Crippen molar-refractivity contribution in [2.24, 2.45) is 0 Å². The van der Waals surface area contributed by atoms with Gasteiger partial charge in [0.05, 0.1) is 19.1 Å². The summed E-state index contributed by atoms with van der Waals surface area (Å²) in [5.41, 5.74) is 0.847. The zero-order valence-electron chi connectivity index (χ0n) is 17.9. The lowest BCUT2D eigenvalue weighted by Crippen LogP contribution is -2.30. The zero-order chi connectivity index (χ0) is 23.1. The molecule has 168 valence electrons. The first-order chi connectivity index (χ1) is 15.3. The third-order valence-corrected chi connectivity index (χ3v) is 5.91. The first kappa shape index (κ1) is 23.0. The highest BCUT2D eigenvalue weighted by atomic mass is 32.2. The third kappa shape index (κ3) is 5.70. The summed E-state index contributed by atoms with van der Waals surface area (Å²) in [6.45, 7) is 1.61. The number of rotatable bonds is 9. The van der Waals surface area contributed by atoms with Crippen molar-refractivity contribution in [1.29, 1.82) is 0 Å². The van der Waals surface area contributed by atoms with Crippen molar-refractivity contribution in [3.63, 3.8) is 0 Å². The van der Waals surface area contributed by atoms with Crippen LogP contribution in [0.5, 0.6) is 17.2 Å². The molecule has 9 heteroatoms. The number of hydrogen-bond acceptors (Lipinski definition) is 6. The number of methoxy groups -OCH3 is 2. The van der Waals surface area contributed by atoms with Crippen molar-refractivity contribution in [1.82, 2.24) is 0 Å². The van der Waals surface area contributed by atoms with Crippen LogP contribution < -0.4 is 24.2 Å². The molecule has 0 aliphatic heterocycles. The molecule has 0 aliphatic carbocycles. The molecule has 8 nitrogen and oxygen atoms in total. The molecule has 0 saturated heterocycles. The minimum Gasteiger partial charge on any atom is -0.497 e. The van der Waals surface area contributed by atoms with E-state index in [9.17, 15) is 13.2 Å². The standard InChI is InChI=1S/C23H24N2O6S/c1-16(31-22-7-5-4-6-21(22)30-3)23(26)24-17-10-14-20(15-11-17)32(27,28)25-18-8-12-19(29-2)13-9-18/h4-16,25H,1-3H3,(H,24,26). The molecule has 3 aromatic carbocycles. The number of carbonyl (C=O) groups excluding carboxylic acids is 1. The van der Waals surface area contributed by atoms with Crippen LogP contribution in [0.4, 0.5) is 11.4 Å². The summed E-state index contributed by atoms with van der Waals surface area (Å²) in [4.78, 5) is 12.5. The smallest absolute Gasteiger partial charge is 0.265 e. The fourth-order valence-electron chi connectivity index (χ4n) is 2.79. The van der Waals surface area contributed by atoms with E-state index in [4.69, 9.17) is 14.2 Å². The van der Waals surface area contributed by atoms with Crippen molar-refractivity contribution >= 4 is 27.3 Å². The zero-order valence-corrected chi connectivity index (χ0v) is 18.7. The Morgan fingerprint density at radius 1 is 0.812 bits per heavy atom. The van der Waals surface area contributed by atoms with E-state index in [1.165, 1.54) is 38.5 Å². The van der Waals surface area contributed by atoms with Crippen LogP contribution in [0.15, 0.2) is 77.7 Å². The molecule has 0 aliphatic rings. The second-order valence-corrected chi connectivity index (χ2v) is 8.44. The topological polar surface area (TPSA) is 103 Å². The summed E-state index contributed by atoms with van der Waals surface area (Å²) in [6.07, 6.45) is -0.800. The lowest BCUT2D eigenvalue weighted by atomic mass is 10.3. The number of hydrogen-bond donors (Lipinski definition) is 2. The SMILES string of the molecule is COc1ccc(NS(=O)(=O)c2ccc(NC(=O)C(C)Oc3ccccc3OC)cc2)cc1. The number of benzene rings is 3. The molecule has 0 heterocycles. The molecule has 0 spiro atoms. The van der Waals surface area contributed by atoms with E-state index in [-0.39, 0.29) is 10.8 Å². The Morgan fingerprint density at radius 3 is 2.00 bits per heavy atom. The first-order valence-corrected chi connectivity index (χ1v) is 11.2. The lowest BCUT2D eigenvalue weighted by Gasteiger charge is -2.16. The normalized spacial score (nSPS) is 11.8. The lowest BCUT2D eigenvalue weighted by molar-refractivity contribution is -0.122. The predicted molar refractivity (Wildman–Crippen MR) is 122 cm³/mol. The summed E-state index contributed by atoms with van der Waals surface area (Å²) in [7, 11) is -0.732. The van der Waals surface area contributed by atoms with E-state index in [2.05, 4.69) is 10.0 Å². The van der Waals surface area contributed by atoms with Gasteiger partial charge in [-0.15, -0.1) is 0 Å². The maximum Gasteiger partial charge on any atom is 0.265 e. The van der Waals surface area contributed by atoms with Gasteiger partial charge in [0.1, 0.15) is 5.75 Å². The molecular formula is C23H24N2O6S. The molecule has 1 atom stereocenters. The molecule has 2 N–H and O–H groups in total. The third-order valence-electron chi connectivity index (χ3n) is 4.52. The van der Waals surface area contributed by atoms with Crippen molar-refractivity contribution in [2.75, 3.05) is 24.3 Å². The molecular weight excluding hydrogens is 432 g/mol. The Bertz CT molecular complexity index is 1160. The van der Waals surface area contributed by atoms with Gasteiger partial charge in [0.2, 0.25) is 0 Å². The van der Waals surface area contributed by atoms with Gasteiger partial charge in [-0.3, -0.25) is 9.52 Å². The molecule has 0 saturated carbocycles. The number of anilines is 2. The van der Waals surface area contributed by atoms with Crippen LogP contribution >= 0.6 is 0 Å². The summed E-state index contributed by atoms with van der Waals surface area (Å²) in [6, 6.07) is 19.4. The van der Waals surface area contributed by atoms with E-state index in [1.807, 2.05) is 0 Å². The fourth-order valence-corrected chi connectivity index (χ4v) is 3.85. The van der Waals surface area contributed by atoms with Gasteiger partial charge in [-0.25, -0.2) is 8.42 Å². The van der Waals surface area contributed by atoms with Gasteiger partial charge in [0.25, 0.3) is 15.9 Å². The van der Waals surface area contributed by atoms with Crippen molar-refractivity contribution in [2.45, 2.75) is 17.9 Å². The molecule has 0 radical (unpaired) electrons. The average Bonchev–Trinajstić information content (AvgIpc) is 2.80. The Kier molecular flexibility index (Phi) is 7.21. The summed E-state index contributed by atoms with van der Waals surface area (Å²) in [5.74, 6) is 1.20. The van der Waals surface area contributed by atoms with E-state index < -0.39 is 16.1 Å². The molecule has 0 bridgehead atoms.